The van der Waals surface area contributed by atoms with Crippen LogP contribution >= 0.6 is 0 Å². The van der Waals surface area contributed by atoms with Gasteiger partial charge in [0, 0.05) is 13.1 Å². The van der Waals surface area contributed by atoms with Gasteiger partial charge in [0.05, 0.1) is 16.9 Å². The number of halogens is 3. The highest BCUT2D eigenvalue weighted by Crippen LogP contribution is 2.31. The second-order valence-electron chi connectivity index (χ2n) is 5.12. The van der Waals surface area contributed by atoms with E-state index in [1.807, 2.05) is 0 Å². The van der Waals surface area contributed by atoms with Gasteiger partial charge >= 0.3 is 6.18 Å². The summed E-state index contributed by atoms with van der Waals surface area (Å²) in [4.78, 5) is 22.3. The van der Waals surface area contributed by atoms with Crippen LogP contribution in [0.3, 0.4) is 0 Å². The summed E-state index contributed by atoms with van der Waals surface area (Å²) in [5, 5.41) is 2.39. The van der Waals surface area contributed by atoms with E-state index in [-0.39, 0.29) is 13.1 Å². The lowest BCUT2D eigenvalue weighted by Gasteiger charge is -2.33. The van der Waals surface area contributed by atoms with Gasteiger partial charge in [-0.3, -0.25) is 9.59 Å². The molecule has 0 bridgehead atoms. The van der Waals surface area contributed by atoms with Crippen molar-refractivity contribution in [2.75, 3.05) is 13.1 Å². The standard InChI is InChI=1S/C13H14F3N3O4S/c14-13(15,16)8-2-1-3-9(6-8)24(22,23)19-5-4-18-12(21)10(19)7-11(17)20/h1-3,6,10H,4-5,7H2,(H2,17,20)(H,18,21). The number of primary amides is 1. The summed E-state index contributed by atoms with van der Waals surface area (Å²) in [5.74, 6) is -1.63. The van der Waals surface area contributed by atoms with Crippen LogP contribution in [0.25, 0.3) is 0 Å². The van der Waals surface area contributed by atoms with Crippen LogP contribution in [0.2, 0.25) is 0 Å². The van der Waals surface area contributed by atoms with Crippen LogP contribution in [0.4, 0.5) is 13.2 Å². The lowest BCUT2D eigenvalue weighted by atomic mass is 10.1. The molecule has 1 aromatic rings. The molecule has 1 heterocycles. The molecule has 1 aliphatic rings. The summed E-state index contributed by atoms with van der Waals surface area (Å²) in [6.07, 6.45) is -5.28. The van der Waals surface area contributed by atoms with Gasteiger partial charge in [0.25, 0.3) is 0 Å². The lowest BCUT2D eigenvalue weighted by molar-refractivity contribution is -0.137. The van der Waals surface area contributed by atoms with E-state index in [0.29, 0.717) is 10.4 Å². The third-order valence-electron chi connectivity index (χ3n) is 3.44. The fraction of sp³-hybridized carbons (Fsp3) is 0.385. The van der Waals surface area contributed by atoms with E-state index in [1.165, 1.54) is 0 Å². The van der Waals surface area contributed by atoms with Crippen LogP contribution in [0.5, 0.6) is 0 Å². The molecule has 0 spiro atoms. The van der Waals surface area contributed by atoms with Crippen molar-refractivity contribution in [1.82, 2.24) is 9.62 Å². The Balaban J connectivity index is 2.44. The number of amides is 2. The Morgan fingerprint density at radius 3 is 2.62 bits per heavy atom. The molecule has 0 aromatic heterocycles. The molecule has 2 rings (SSSR count). The summed E-state index contributed by atoms with van der Waals surface area (Å²) in [6, 6.07) is 1.79. The number of rotatable bonds is 4. The Kier molecular flexibility index (Phi) is 4.85. The predicted molar refractivity (Wildman–Crippen MR) is 75.9 cm³/mol. The van der Waals surface area contributed by atoms with Crippen molar-refractivity contribution in [2.45, 2.75) is 23.5 Å². The fourth-order valence-electron chi connectivity index (χ4n) is 2.33. The van der Waals surface area contributed by atoms with Crippen molar-refractivity contribution >= 4 is 21.8 Å². The average Bonchev–Trinajstić information content (AvgIpc) is 2.48. The van der Waals surface area contributed by atoms with Crippen molar-refractivity contribution in [3.8, 4) is 0 Å². The Hall–Kier alpha value is -2.14. The molecule has 2 amide bonds. The average molecular weight is 365 g/mol. The summed E-state index contributed by atoms with van der Waals surface area (Å²) in [6.45, 7) is -0.200. The van der Waals surface area contributed by atoms with Crippen LogP contribution in [0, 0.1) is 0 Å². The van der Waals surface area contributed by atoms with Gasteiger partial charge < -0.3 is 11.1 Å². The number of nitrogens with two attached hydrogens (primary N) is 1. The first kappa shape index (κ1) is 18.2. The van der Waals surface area contributed by atoms with Gasteiger partial charge in [0.1, 0.15) is 6.04 Å². The maximum absolute atomic E-state index is 12.8. The van der Waals surface area contributed by atoms with E-state index in [2.05, 4.69) is 5.32 Å². The maximum atomic E-state index is 12.8. The first-order chi connectivity index (χ1) is 11.0. The normalized spacial score (nSPS) is 19.8. The molecule has 1 aromatic carbocycles. The van der Waals surface area contributed by atoms with Crippen molar-refractivity contribution in [3.05, 3.63) is 29.8 Å². The number of hydrogen-bond donors (Lipinski definition) is 2. The summed E-state index contributed by atoms with van der Waals surface area (Å²) in [5.41, 5.74) is 3.89. The minimum Gasteiger partial charge on any atom is -0.370 e. The van der Waals surface area contributed by atoms with Crippen LogP contribution in [-0.4, -0.2) is 43.7 Å². The first-order valence-electron chi connectivity index (χ1n) is 6.78. The van der Waals surface area contributed by atoms with Gasteiger partial charge in [0.2, 0.25) is 21.8 Å². The quantitative estimate of drug-likeness (QED) is 0.787. The monoisotopic (exact) mass is 365 g/mol. The fourth-order valence-corrected chi connectivity index (χ4v) is 3.97. The summed E-state index contributed by atoms with van der Waals surface area (Å²) < 4.78 is 64.3. The number of hydrogen-bond acceptors (Lipinski definition) is 4. The van der Waals surface area contributed by atoms with E-state index < -0.39 is 50.9 Å². The van der Waals surface area contributed by atoms with Gasteiger partial charge in [-0.05, 0) is 18.2 Å². The molecule has 1 saturated heterocycles. The molecule has 11 heteroatoms. The first-order valence-corrected chi connectivity index (χ1v) is 8.22. The number of carbonyl (C=O) groups excluding carboxylic acids is 2. The van der Waals surface area contributed by atoms with Crippen molar-refractivity contribution in [3.63, 3.8) is 0 Å². The third-order valence-corrected chi connectivity index (χ3v) is 5.35. The molecule has 0 saturated carbocycles. The molecule has 1 fully saturated rings. The van der Waals surface area contributed by atoms with Crippen LogP contribution in [0.1, 0.15) is 12.0 Å². The lowest BCUT2D eigenvalue weighted by Crippen LogP contribution is -2.58. The Morgan fingerprint density at radius 1 is 1.38 bits per heavy atom. The molecule has 0 radical (unpaired) electrons. The number of carbonyl (C=O) groups is 2. The molecule has 0 aliphatic carbocycles. The number of benzene rings is 1. The molecule has 132 valence electrons. The predicted octanol–water partition coefficient (Wildman–Crippen LogP) is 0.0699. The number of nitrogens with one attached hydrogen (secondary N) is 1. The van der Waals surface area contributed by atoms with Gasteiger partial charge in [-0.25, -0.2) is 8.42 Å². The van der Waals surface area contributed by atoms with E-state index in [0.717, 1.165) is 18.2 Å². The number of piperazine rings is 1. The minimum atomic E-state index is -4.71. The largest absolute Gasteiger partial charge is 0.416 e. The molecular weight excluding hydrogens is 351 g/mol. The molecule has 24 heavy (non-hydrogen) atoms. The minimum absolute atomic E-state index is 0.0215. The van der Waals surface area contributed by atoms with E-state index >= 15 is 0 Å². The highest BCUT2D eigenvalue weighted by atomic mass is 32.2. The molecule has 7 nitrogen and oxygen atoms in total. The molecule has 1 aliphatic heterocycles. The van der Waals surface area contributed by atoms with Crippen molar-refractivity contribution in [2.24, 2.45) is 5.73 Å². The van der Waals surface area contributed by atoms with Crippen LogP contribution in [-0.2, 0) is 25.8 Å². The highest BCUT2D eigenvalue weighted by Gasteiger charge is 2.40. The van der Waals surface area contributed by atoms with E-state index in [4.69, 9.17) is 5.73 Å². The second kappa shape index (κ2) is 6.40. The van der Waals surface area contributed by atoms with Crippen molar-refractivity contribution < 1.29 is 31.2 Å². The van der Waals surface area contributed by atoms with E-state index in [1.54, 1.807) is 0 Å². The Morgan fingerprint density at radius 2 is 2.04 bits per heavy atom. The highest BCUT2D eigenvalue weighted by molar-refractivity contribution is 7.89. The molecule has 1 atom stereocenters. The zero-order valence-corrected chi connectivity index (χ0v) is 13.0. The molecule has 1 unspecified atom stereocenters. The number of sulfonamides is 1. The van der Waals surface area contributed by atoms with E-state index in [9.17, 15) is 31.2 Å². The molecule has 3 N–H and O–H groups in total. The summed E-state index contributed by atoms with van der Waals surface area (Å²) in [7, 11) is -4.41. The number of nitrogens with zero attached hydrogens (tertiary/aromatic N) is 1. The van der Waals surface area contributed by atoms with Crippen LogP contribution in [0.15, 0.2) is 29.2 Å². The van der Waals surface area contributed by atoms with Gasteiger partial charge in [-0.15, -0.1) is 0 Å². The van der Waals surface area contributed by atoms with Crippen molar-refractivity contribution in [1.29, 1.82) is 0 Å². The Bertz CT molecular complexity index is 764. The van der Waals surface area contributed by atoms with Crippen LogP contribution < -0.4 is 11.1 Å². The zero-order chi connectivity index (χ0) is 18.1. The summed E-state index contributed by atoms with van der Waals surface area (Å²) >= 11 is 0. The topological polar surface area (TPSA) is 110 Å². The van der Waals surface area contributed by atoms with Gasteiger partial charge in [-0.1, -0.05) is 6.07 Å². The maximum Gasteiger partial charge on any atom is 0.416 e. The molecular formula is C13H14F3N3O4S. The smallest absolute Gasteiger partial charge is 0.370 e. The van der Waals surface area contributed by atoms with Gasteiger partial charge in [0.15, 0.2) is 0 Å². The van der Waals surface area contributed by atoms with Gasteiger partial charge in [-0.2, -0.15) is 17.5 Å². The third kappa shape index (κ3) is 3.67. The second-order valence-corrected chi connectivity index (χ2v) is 7.01. The Labute approximate surface area is 135 Å². The number of alkyl halides is 3. The zero-order valence-electron chi connectivity index (χ0n) is 12.2. The SMILES string of the molecule is NC(=O)CC1C(=O)NCCN1S(=O)(=O)c1cccc(C(F)(F)F)c1.